The van der Waals surface area contributed by atoms with Crippen molar-refractivity contribution in [3.8, 4) is 0 Å². The minimum atomic E-state index is -0.0758. The van der Waals surface area contributed by atoms with Gasteiger partial charge in [0.2, 0.25) is 0 Å². The fourth-order valence-corrected chi connectivity index (χ4v) is 1.24. The van der Waals surface area contributed by atoms with Crippen LogP contribution in [0.15, 0.2) is 11.0 Å². The van der Waals surface area contributed by atoms with Crippen molar-refractivity contribution >= 4 is 5.69 Å². The maximum absolute atomic E-state index is 11.3. The molecule has 0 aliphatic rings. The van der Waals surface area contributed by atoms with Crippen molar-refractivity contribution in [2.24, 2.45) is 0 Å². The Morgan fingerprint density at radius 2 is 2.08 bits per heavy atom. The number of nitrogens with two attached hydrogens (primary N) is 1. The molecule has 0 aromatic carbocycles. The van der Waals surface area contributed by atoms with E-state index >= 15 is 0 Å². The Morgan fingerprint density at radius 3 is 2.50 bits per heavy atom. The van der Waals surface area contributed by atoms with Crippen LogP contribution in [0.25, 0.3) is 0 Å². The van der Waals surface area contributed by atoms with Crippen molar-refractivity contribution in [1.29, 1.82) is 0 Å². The Bertz CT molecular complexity index is 339. The van der Waals surface area contributed by atoms with Crippen LogP contribution in [0.3, 0.4) is 0 Å². The number of nitrogen functional groups attached to an aromatic ring is 1. The normalized spacial score (nSPS) is 10.7. The Labute approximate surface area is 71.6 Å². The molecule has 3 N–H and O–H groups in total. The number of hydrogen-bond donors (Lipinski definition) is 2. The molecule has 0 fully saturated rings. The lowest BCUT2D eigenvalue weighted by atomic mass is 10.0. The molecular weight excluding hydrogens is 152 g/mol. The summed E-state index contributed by atoms with van der Waals surface area (Å²) in [5.74, 6) is 0.175. The van der Waals surface area contributed by atoms with Crippen LogP contribution in [0.4, 0.5) is 5.69 Å². The van der Waals surface area contributed by atoms with Gasteiger partial charge in [0.05, 0.1) is 0 Å². The van der Waals surface area contributed by atoms with E-state index in [2.05, 4.69) is 4.98 Å². The van der Waals surface area contributed by atoms with Crippen LogP contribution in [0.1, 0.15) is 30.9 Å². The van der Waals surface area contributed by atoms with Crippen LogP contribution in [0.5, 0.6) is 0 Å². The third-order valence-electron chi connectivity index (χ3n) is 1.96. The first-order chi connectivity index (χ1) is 5.54. The summed E-state index contributed by atoms with van der Waals surface area (Å²) in [7, 11) is 0. The number of aryl methyl sites for hydroxylation is 1. The van der Waals surface area contributed by atoms with Gasteiger partial charge in [0.15, 0.2) is 0 Å². The average molecular weight is 166 g/mol. The molecule has 0 spiro atoms. The van der Waals surface area contributed by atoms with E-state index in [-0.39, 0.29) is 11.5 Å². The first kappa shape index (κ1) is 8.84. The first-order valence-electron chi connectivity index (χ1n) is 4.01. The second-order valence-electron chi connectivity index (χ2n) is 3.28. The number of aromatic nitrogens is 1. The Morgan fingerprint density at radius 1 is 1.50 bits per heavy atom. The summed E-state index contributed by atoms with van der Waals surface area (Å²) in [6.07, 6.45) is 1.64. The summed E-state index contributed by atoms with van der Waals surface area (Å²) < 4.78 is 0. The second kappa shape index (κ2) is 3.01. The zero-order chi connectivity index (χ0) is 9.30. The van der Waals surface area contributed by atoms with E-state index in [1.165, 1.54) is 0 Å². The summed E-state index contributed by atoms with van der Waals surface area (Å²) in [6.45, 7) is 5.80. The van der Waals surface area contributed by atoms with E-state index in [1.54, 1.807) is 6.20 Å². The standard InChI is InChI=1S/C9H14N2O/c1-5(2)7-8(10)6(3)4-11-9(7)12/h4-5H,1-3H3,(H3,10,11,12). The zero-order valence-electron chi connectivity index (χ0n) is 7.64. The maximum Gasteiger partial charge on any atom is 0.253 e. The molecule has 3 nitrogen and oxygen atoms in total. The van der Waals surface area contributed by atoms with Crippen molar-refractivity contribution in [1.82, 2.24) is 4.98 Å². The molecule has 66 valence electrons. The van der Waals surface area contributed by atoms with Crippen LogP contribution in [0, 0.1) is 6.92 Å². The van der Waals surface area contributed by atoms with Crippen molar-refractivity contribution in [2.75, 3.05) is 5.73 Å². The van der Waals surface area contributed by atoms with Crippen LogP contribution in [-0.2, 0) is 0 Å². The van der Waals surface area contributed by atoms with E-state index in [0.717, 1.165) is 5.56 Å². The summed E-state index contributed by atoms with van der Waals surface area (Å²) in [6, 6.07) is 0. The highest BCUT2D eigenvalue weighted by atomic mass is 16.1. The molecule has 1 rings (SSSR count). The topological polar surface area (TPSA) is 58.9 Å². The van der Waals surface area contributed by atoms with Gasteiger partial charge in [0, 0.05) is 17.4 Å². The Balaban J connectivity index is 3.43. The third kappa shape index (κ3) is 1.35. The number of aromatic amines is 1. The van der Waals surface area contributed by atoms with Gasteiger partial charge in [-0.2, -0.15) is 0 Å². The lowest BCUT2D eigenvalue weighted by molar-refractivity contribution is 0.845. The second-order valence-corrected chi connectivity index (χ2v) is 3.28. The van der Waals surface area contributed by atoms with Crippen LogP contribution in [0.2, 0.25) is 0 Å². The lowest BCUT2D eigenvalue weighted by Gasteiger charge is -2.09. The monoisotopic (exact) mass is 166 g/mol. The van der Waals surface area contributed by atoms with Gasteiger partial charge in [0.25, 0.3) is 5.56 Å². The van der Waals surface area contributed by atoms with Gasteiger partial charge in [-0.15, -0.1) is 0 Å². The van der Waals surface area contributed by atoms with Crippen molar-refractivity contribution in [3.63, 3.8) is 0 Å². The molecule has 0 radical (unpaired) electrons. The molecule has 0 unspecified atom stereocenters. The highest BCUT2D eigenvalue weighted by Gasteiger charge is 2.10. The van der Waals surface area contributed by atoms with Crippen LogP contribution in [-0.4, -0.2) is 4.98 Å². The number of anilines is 1. The van der Waals surface area contributed by atoms with E-state index in [9.17, 15) is 4.79 Å². The Hall–Kier alpha value is -1.25. The van der Waals surface area contributed by atoms with Gasteiger partial charge >= 0.3 is 0 Å². The zero-order valence-corrected chi connectivity index (χ0v) is 7.64. The molecule has 0 atom stereocenters. The fraction of sp³-hybridized carbons (Fsp3) is 0.444. The fourth-order valence-electron chi connectivity index (χ4n) is 1.24. The summed E-state index contributed by atoms with van der Waals surface area (Å²) in [5, 5.41) is 0. The molecule has 0 aliphatic heterocycles. The summed E-state index contributed by atoms with van der Waals surface area (Å²) in [5.41, 5.74) is 7.93. The predicted octanol–water partition coefficient (Wildman–Crippen LogP) is 1.39. The SMILES string of the molecule is Cc1c[nH]c(=O)c(C(C)C)c1N. The van der Waals surface area contributed by atoms with Crippen LogP contribution < -0.4 is 11.3 Å². The number of hydrogen-bond acceptors (Lipinski definition) is 2. The van der Waals surface area contributed by atoms with Gasteiger partial charge in [-0.3, -0.25) is 4.79 Å². The van der Waals surface area contributed by atoms with Gasteiger partial charge in [0.1, 0.15) is 0 Å². The van der Waals surface area contributed by atoms with Gasteiger partial charge in [-0.25, -0.2) is 0 Å². The molecule has 1 heterocycles. The highest BCUT2D eigenvalue weighted by molar-refractivity contribution is 5.52. The minimum Gasteiger partial charge on any atom is -0.398 e. The molecule has 0 aliphatic carbocycles. The van der Waals surface area contributed by atoms with E-state index in [1.807, 2.05) is 20.8 Å². The molecule has 1 aromatic heterocycles. The quantitative estimate of drug-likeness (QED) is 0.662. The number of rotatable bonds is 1. The predicted molar refractivity (Wildman–Crippen MR) is 50.3 cm³/mol. The lowest BCUT2D eigenvalue weighted by Crippen LogP contribution is -2.17. The van der Waals surface area contributed by atoms with E-state index in [4.69, 9.17) is 5.73 Å². The molecule has 0 saturated heterocycles. The summed E-state index contributed by atoms with van der Waals surface area (Å²) >= 11 is 0. The molecule has 12 heavy (non-hydrogen) atoms. The van der Waals surface area contributed by atoms with Crippen molar-refractivity contribution in [2.45, 2.75) is 26.7 Å². The minimum absolute atomic E-state index is 0.0758. The highest BCUT2D eigenvalue weighted by Crippen LogP contribution is 2.19. The maximum atomic E-state index is 11.3. The Kier molecular flexibility index (Phi) is 2.22. The van der Waals surface area contributed by atoms with Crippen LogP contribution >= 0.6 is 0 Å². The van der Waals surface area contributed by atoms with E-state index in [0.29, 0.717) is 11.3 Å². The smallest absolute Gasteiger partial charge is 0.253 e. The number of H-pyrrole nitrogens is 1. The largest absolute Gasteiger partial charge is 0.398 e. The van der Waals surface area contributed by atoms with Crippen molar-refractivity contribution in [3.05, 3.63) is 27.7 Å². The van der Waals surface area contributed by atoms with E-state index < -0.39 is 0 Å². The molecule has 0 saturated carbocycles. The first-order valence-corrected chi connectivity index (χ1v) is 4.01. The summed E-state index contributed by atoms with van der Waals surface area (Å²) in [4.78, 5) is 14.0. The molecule has 1 aromatic rings. The molecule has 3 heteroatoms. The van der Waals surface area contributed by atoms with Gasteiger partial charge in [-0.05, 0) is 18.4 Å². The van der Waals surface area contributed by atoms with Crippen molar-refractivity contribution < 1.29 is 0 Å². The van der Waals surface area contributed by atoms with Gasteiger partial charge in [-0.1, -0.05) is 13.8 Å². The third-order valence-corrected chi connectivity index (χ3v) is 1.96. The molecule has 0 amide bonds. The molecular formula is C9H14N2O. The van der Waals surface area contributed by atoms with Gasteiger partial charge < -0.3 is 10.7 Å². The number of nitrogens with one attached hydrogen (secondary N) is 1. The molecule has 0 bridgehead atoms. The average Bonchev–Trinajstić information content (AvgIpc) is 1.97. The number of pyridine rings is 1.